The molecule has 1 saturated heterocycles. The first-order valence-corrected chi connectivity index (χ1v) is 9.89. The van der Waals surface area contributed by atoms with Crippen molar-refractivity contribution < 1.29 is 24.0 Å². The van der Waals surface area contributed by atoms with Gasteiger partial charge in [0.15, 0.2) is 6.61 Å². The lowest BCUT2D eigenvalue weighted by molar-refractivity contribution is -0.385. The van der Waals surface area contributed by atoms with Gasteiger partial charge in [-0.25, -0.2) is 0 Å². The number of nitrogens with one attached hydrogen (secondary N) is 1. The first-order chi connectivity index (χ1) is 14.7. The van der Waals surface area contributed by atoms with Crippen molar-refractivity contribution in [2.45, 2.75) is 13.3 Å². The van der Waals surface area contributed by atoms with E-state index in [0.29, 0.717) is 11.3 Å². The predicted molar refractivity (Wildman–Crippen MR) is 114 cm³/mol. The summed E-state index contributed by atoms with van der Waals surface area (Å²) < 4.78 is 5.03. The monoisotopic (exact) mass is 465 g/mol. The summed E-state index contributed by atoms with van der Waals surface area (Å²) in [5.74, 6) is -2.50. The molecule has 0 aliphatic carbocycles. The van der Waals surface area contributed by atoms with Crippen molar-refractivity contribution in [1.82, 2.24) is 0 Å². The van der Waals surface area contributed by atoms with Gasteiger partial charge in [-0.15, -0.1) is 0 Å². The highest BCUT2D eigenvalue weighted by atomic mass is 35.5. The van der Waals surface area contributed by atoms with Crippen molar-refractivity contribution in [3.05, 3.63) is 62.1 Å². The summed E-state index contributed by atoms with van der Waals surface area (Å²) >= 11 is 11.9. The molecule has 1 fully saturated rings. The van der Waals surface area contributed by atoms with Crippen molar-refractivity contribution in [3.8, 4) is 0 Å². The lowest BCUT2D eigenvalue weighted by Gasteiger charge is -2.17. The highest BCUT2D eigenvalue weighted by Crippen LogP contribution is 2.31. The number of nitro benzene ring substituents is 1. The second kappa shape index (κ2) is 9.32. The smallest absolute Gasteiger partial charge is 0.311 e. The Morgan fingerprint density at radius 3 is 2.74 bits per heavy atom. The van der Waals surface area contributed by atoms with Crippen LogP contribution < -0.4 is 10.2 Å². The van der Waals surface area contributed by atoms with Crippen molar-refractivity contribution in [2.75, 3.05) is 23.4 Å². The molecule has 0 bridgehead atoms. The average Bonchev–Trinajstić information content (AvgIpc) is 3.11. The van der Waals surface area contributed by atoms with E-state index in [1.807, 2.05) is 0 Å². The van der Waals surface area contributed by atoms with Gasteiger partial charge in [0.25, 0.3) is 11.6 Å². The Kier molecular flexibility index (Phi) is 6.77. The minimum Gasteiger partial charge on any atom is -0.455 e. The number of carbonyl (C=O) groups is 3. The van der Waals surface area contributed by atoms with Crippen LogP contribution in [-0.2, 0) is 19.1 Å². The zero-order valence-corrected chi connectivity index (χ0v) is 17.8. The third kappa shape index (κ3) is 5.12. The Morgan fingerprint density at radius 1 is 1.29 bits per heavy atom. The molecule has 11 heteroatoms. The van der Waals surface area contributed by atoms with E-state index in [-0.39, 0.29) is 40.3 Å². The Hall–Kier alpha value is -3.17. The normalized spacial score (nSPS) is 15.6. The second-order valence-corrected chi connectivity index (χ2v) is 7.68. The molecule has 2 aromatic rings. The molecule has 31 heavy (non-hydrogen) atoms. The van der Waals surface area contributed by atoms with Gasteiger partial charge in [-0.3, -0.25) is 24.5 Å². The van der Waals surface area contributed by atoms with E-state index in [2.05, 4.69) is 5.32 Å². The molecule has 0 saturated carbocycles. The van der Waals surface area contributed by atoms with Crippen LogP contribution in [-0.4, -0.2) is 35.9 Å². The third-order valence-corrected chi connectivity index (χ3v) is 5.55. The fourth-order valence-electron chi connectivity index (χ4n) is 3.12. The minimum absolute atomic E-state index is 0.000375. The number of hydrogen-bond acceptors (Lipinski definition) is 6. The van der Waals surface area contributed by atoms with Gasteiger partial charge < -0.3 is 15.0 Å². The molecule has 0 spiro atoms. The van der Waals surface area contributed by atoms with E-state index < -0.39 is 29.3 Å². The first-order valence-electron chi connectivity index (χ1n) is 9.13. The van der Waals surface area contributed by atoms with E-state index >= 15 is 0 Å². The molecule has 0 unspecified atom stereocenters. The molecule has 0 radical (unpaired) electrons. The van der Waals surface area contributed by atoms with Gasteiger partial charge in [0.05, 0.1) is 32.3 Å². The molecule has 1 N–H and O–H groups in total. The number of aryl methyl sites for hydroxylation is 1. The van der Waals surface area contributed by atoms with E-state index in [0.717, 1.165) is 0 Å². The van der Waals surface area contributed by atoms with Crippen LogP contribution in [0.15, 0.2) is 36.4 Å². The quantitative estimate of drug-likeness (QED) is 0.394. The number of ether oxygens (including phenoxy) is 1. The van der Waals surface area contributed by atoms with Gasteiger partial charge in [-0.1, -0.05) is 35.3 Å². The van der Waals surface area contributed by atoms with Gasteiger partial charge >= 0.3 is 5.97 Å². The van der Waals surface area contributed by atoms with Gasteiger partial charge in [-0.05, 0) is 25.1 Å². The van der Waals surface area contributed by atoms with Crippen LogP contribution in [0.4, 0.5) is 17.1 Å². The van der Waals surface area contributed by atoms with Gasteiger partial charge in [0, 0.05) is 24.6 Å². The van der Waals surface area contributed by atoms with Crippen LogP contribution in [0, 0.1) is 23.0 Å². The highest BCUT2D eigenvalue weighted by molar-refractivity contribution is 6.44. The largest absolute Gasteiger partial charge is 0.455 e. The molecule has 162 valence electrons. The molecule has 0 aromatic heterocycles. The maximum absolute atomic E-state index is 12.3. The average molecular weight is 466 g/mol. The summed E-state index contributed by atoms with van der Waals surface area (Å²) in [6.45, 7) is 1.03. The zero-order chi connectivity index (χ0) is 22.7. The molecule has 1 aliphatic heterocycles. The molecule has 2 aromatic carbocycles. The lowest BCUT2D eigenvalue weighted by Crippen LogP contribution is -2.28. The standard InChI is InChI=1S/C20H17Cl2N3O6/c1-11-5-6-13(8-16(11)25(29)30)24-9-12(7-18(24)27)20(28)31-10-17(26)23-15-4-2-3-14(21)19(15)22/h2-6,8,12H,7,9-10H2,1H3,(H,23,26)/t12-/m0/s1. The van der Waals surface area contributed by atoms with Gasteiger partial charge in [0.2, 0.25) is 5.91 Å². The number of hydrogen-bond donors (Lipinski definition) is 1. The summed E-state index contributed by atoms with van der Waals surface area (Å²) in [7, 11) is 0. The Balaban J connectivity index is 1.59. The first kappa shape index (κ1) is 22.5. The molecule has 9 nitrogen and oxygen atoms in total. The second-order valence-electron chi connectivity index (χ2n) is 6.89. The fourth-order valence-corrected chi connectivity index (χ4v) is 3.47. The molecule has 2 amide bonds. The number of carbonyl (C=O) groups excluding carboxylic acids is 3. The maximum Gasteiger partial charge on any atom is 0.311 e. The van der Waals surface area contributed by atoms with Crippen LogP contribution in [0.1, 0.15) is 12.0 Å². The molecular weight excluding hydrogens is 449 g/mol. The maximum atomic E-state index is 12.3. The third-order valence-electron chi connectivity index (χ3n) is 4.73. The fraction of sp³-hybridized carbons (Fsp3) is 0.250. The molecule has 1 aliphatic rings. The van der Waals surface area contributed by atoms with Crippen molar-refractivity contribution >= 4 is 58.0 Å². The van der Waals surface area contributed by atoms with Crippen molar-refractivity contribution in [1.29, 1.82) is 0 Å². The summed E-state index contributed by atoms with van der Waals surface area (Å²) in [6.07, 6.45) is -0.123. The zero-order valence-electron chi connectivity index (χ0n) is 16.3. The number of halogens is 2. The Morgan fingerprint density at radius 2 is 2.03 bits per heavy atom. The van der Waals surface area contributed by atoms with Crippen LogP contribution in [0.5, 0.6) is 0 Å². The van der Waals surface area contributed by atoms with Crippen molar-refractivity contribution in [3.63, 3.8) is 0 Å². The number of nitro groups is 1. The number of amides is 2. The summed E-state index contributed by atoms with van der Waals surface area (Å²) in [5.41, 5.74) is 0.944. The topological polar surface area (TPSA) is 119 Å². The van der Waals surface area contributed by atoms with Crippen LogP contribution in [0.2, 0.25) is 10.0 Å². The van der Waals surface area contributed by atoms with E-state index in [1.165, 1.54) is 17.0 Å². The van der Waals surface area contributed by atoms with Gasteiger partial charge in [-0.2, -0.15) is 0 Å². The van der Waals surface area contributed by atoms with E-state index in [9.17, 15) is 24.5 Å². The highest BCUT2D eigenvalue weighted by Gasteiger charge is 2.37. The number of rotatable bonds is 6. The molecule has 3 rings (SSSR count). The number of anilines is 2. The summed E-state index contributed by atoms with van der Waals surface area (Å²) in [5, 5.41) is 14.0. The Bertz CT molecular complexity index is 1070. The molecular formula is C20H17Cl2N3O6. The molecule has 1 heterocycles. The van der Waals surface area contributed by atoms with E-state index in [4.69, 9.17) is 27.9 Å². The van der Waals surface area contributed by atoms with E-state index in [1.54, 1.807) is 31.2 Å². The number of benzene rings is 2. The predicted octanol–water partition coefficient (Wildman–Crippen LogP) is 3.74. The molecule has 1 atom stereocenters. The lowest BCUT2D eigenvalue weighted by atomic mass is 10.1. The number of nitrogens with zero attached hydrogens (tertiary/aromatic N) is 2. The summed E-state index contributed by atoms with van der Waals surface area (Å²) in [6, 6.07) is 9.12. The summed E-state index contributed by atoms with van der Waals surface area (Å²) in [4.78, 5) is 48.6. The van der Waals surface area contributed by atoms with Crippen molar-refractivity contribution in [2.24, 2.45) is 5.92 Å². The Labute approximate surface area is 187 Å². The van der Waals surface area contributed by atoms with Gasteiger partial charge in [0.1, 0.15) is 0 Å². The van der Waals surface area contributed by atoms with Crippen LogP contribution >= 0.6 is 23.2 Å². The SMILES string of the molecule is Cc1ccc(N2C[C@@H](C(=O)OCC(=O)Nc3cccc(Cl)c3Cl)CC2=O)cc1[N+](=O)[O-]. The van der Waals surface area contributed by atoms with Crippen LogP contribution in [0.3, 0.4) is 0 Å². The number of esters is 1. The minimum atomic E-state index is -0.796. The van der Waals surface area contributed by atoms with Crippen LogP contribution in [0.25, 0.3) is 0 Å².